The standard InChI is InChI=1S/C19H24N4O2S/c1-3-17-16(6-11-26-17)18(24)21-12-15-4-8-22(9-5-15)19(25)14(2)23-10-7-20-13-23/h4,6-7,10-11,13-14H,3,5,8-9,12H2,1-2H3,(H,21,24). The predicted octanol–water partition coefficient (Wildman–Crippen LogP) is 2.66. The Labute approximate surface area is 157 Å². The van der Waals surface area contributed by atoms with Crippen molar-refractivity contribution in [3.8, 4) is 0 Å². The summed E-state index contributed by atoms with van der Waals surface area (Å²) < 4.78 is 1.81. The highest BCUT2D eigenvalue weighted by Gasteiger charge is 2.23. The van der Waals surface area contributed by atoms with Crippen LogP contribution in [0.3, 0.4) is 0 Å². The van der Waals surface area contributed by atoms with E-state index in [1.165, 1.54) is 5.57 Å². The topological polar surface area (TPSA) is 67.2 Å². The van der Waals surface area contributed by atoms with Gasteiger partial charge < -0.3 is 14.8 Å². The molecule has 1 N–H and O–H groups in total. The maximum absolute atomic E-state index is 12.6. The second kappa shape index (κ2) is 8.31. The number of aryl methyl sites for hydroxylation is 1. The first-order chi connectivity index (χ1) is 12.6. The molecule has 0 saturated heterocycles. The van der Waals surface area contributed by atoms with Gasteiger partial charge in [-0.15, -0.1) is 11.3 Å². The summed E-state index contributed by atoms with van der Waals surface area (Å²) in [5, 5.41) is 4.96. The van der Waals surface area contributed by atoms with Gasteiger partial charge in [-0.1, -0.05) is 18.6 Å². The van der Waals surface area contributed by atoms with E-state index < -0.39 is 0 Å². The van der Waals surface area contributed by atoms with E-state index in [4.69, 9.17) is 0 Å². The average molecular weight is 372 g/mol. The van der Waals surface area contributed by atoms with Gasteiger partial charge in [-0.05, 0) is 31.2 Å². The van der Waals surface area contributed by atoms with E-state index in [0.29, 0.717) is 19.6 Å². The molecule has 2 amide bonds. The van der Waals surface area contributed by atoms with Gasteiger partial charge in [0.2, 0.25) is 5.91 Å². The zero-order valence-corrected chi connectivity index (χ0v) is 16.0. The Bertz CT molecular complexity index is 794. The third-order valence-corrected chi connectivity index (χ3v) is 5.80. The first kappa shape index (κ1) is 18.4. The first-order valence-corrected chi connectivity index (χ1v) is 9.76. The van der Waals surface area contributed by atoms with Crippen molar-refractivity contribution in [2.24, 2.45) is 0 Å². The lowest BCUT2D eigenvalue weighted by Gasteiger charge is -2.29. The fourth-order valence-electron chi connectivity index (χ4n) is 3.07. The normalized spacial score (nSPS) is 15.5. The van der Waals surface area contributed by atoms with Crippen molar-refractivity contribution in [1.29, 1.82) is 0 Å². The molecule has 1 aliphatic rings. The van der Waals surface area contributed by atoms with Crippen LogP contribution in [0.2, 0.25) is 0 Å². The predicted molar refractivity (Wildman–Crippen MR) is 102 cm³/mol. The van der Waals surface area contributed by atoms with Gasteiger partial charge in [-0.25, -0.2) is 4.98 Å². The molecule has 2 aromatic heterocycles. The van der Waals surface area contributed by atoms with Crippen LogP contribution in [0.1, 0.15) is 41.5 Å². The van der Waals surface area contributed by atoms with Crippen LogP contribution in [-0.2, 0) is 11.2 Å². The summed E-state index contributed by atoms with van der Waals surface area (Å²) in [7, 11) is 0. The Kier molecular flexibility index (Phi) is 5.88. The van der Waals surface area contributed by atoms with E-state index in [0.717, 1.165) is 23.3 Å². The zero-order valence-electron chi connectivity index (χ0n) is 15.1. The van der Waals surface area contributed by atoms with Crippen LogP contribution >= 0.6 is 11.3 Å². The summed E-state index contributed by atoms with van der Waals surface area (Å²) in [5.41, 5.74) is 1.95. The molecule has 6 nitrogen and oxygen atoms in total. The largest absolute Gasteiger partial charge is 0.348 e. The van der Waals surface area contributed by atoms with Crippen LogP contribution < -0.4 is 5.32 Å². The molecule has 26 heavy (non-hydrogen) atoms. The molecular formula is C19H24N4O2S. The molecule has 0 saturated carbocycles. The average Bonchev–Trinajstić information content (AvgIpc) is 3.36. The summed E-state index contributed by atoms with van der Waals surface area (Å²) in [5.74, 6) is 0.0735. The number of nitrogens with one attached hydrogen (secondary N) is 1. The van der Waals surface area contributed by atoms with E-state index in [1.54, 1.807) is 30.1 Å². The summed E-state index contributed by atoms with van der Waals surface area (Å²) in [4.78, 5) is 31.9. The van der Waals surface area contributed by atoms with E-state index in [1.807, 2.05) is 27.8 Å². The maximum atomic E-state index is 12.6. The molecule has 7 heteroatoms. The molecule has 0 aromatic carbocycles. The lowest BCUT2D eigenvalue weighted by atomic mass is 10.1. The fourth-order valence-corrected chi connectivity index (χ4v) is 3.89. The van der Waals surface area contributed by atoms with Crippen LogP contribution in [0, 0.1) is 0 Å². The number of aromatic nitrogens is 2. The van der Waals surface area contributed by atoms with E-state index in [2.05, 4.69) is 23.3 Å². The van der Waals surface area contributed by atoms with Crippen LogP contribution in [-0.4, -0.2) is 45.9 Å². The van der Waals surface area contributed by atoms with Crippen molar-refractivity contribution in [3.63, 3.8) is 0 Å². The molecule has 3 heterocycles. The van der Waals surface area contributed by atoms with Crippen molar-refractivity contribution in [2.45, 2.75) is 32.7 Å². The fraction of sp³-hybridized carbons (Fsp3) is 0.421. The highest BCUT2D eigenvalue weighted by atomic mass is 32.1. The Hall–Kier alpha value is -2.41. The van der Waals surface area contributed by atoms with Gasteiger partial charge in [-0.3, -0.25) is 9.59 Å². The molecule has 1 aliphatic heterocycles. The minimum absolute atomic E-state index is 0.0174. The molecular weight excluding hydrogens is 348 g/mol. The number of hydrogen-bond donors (Lipinski definition) is 1. The second-order valence-corrected chi connectivity index (χ2v) is 7.38. The van der Waals surface area contributed by atoms with E-state index in [-0.39, 0.29) is 17.9 Å². The van der Waals surface area contributed by atoms with E-state index >= 15 is 0 Å². The monoisotopic (exact) mass is 372 g/mol. The minimum atomic E-state index is -0.252. The van der Waals surface area contributed by atoms with Crippen molar-refractivity contribution in [1.82, 2.24) is 19.8 Å². The van der Waals surface area contributed by atoms with Gasteiger partial charge in [0, 0.05) is 36.9 Å². The highest BCUT2D eigenvalue weighted by Crippen LogP contribution is 2.18. The number of imidazole rings is 1. The zero-order chi connectivity index (χ0) is 18.5. The molecule has 0 bridgehead atoms. The van der Waals surface area contributed by atoms with Gasteiger partial charge in [0.05, 0.1) is 11.9 Å². The van der Waals surface area contributed by atoms with Crippen LogP contribution in [0.15, 0.2) is 41.8 Å². The molecule has 1 unspecified atom stereocenters. The Morgan fingerprint density at radius 1 is 1.42 bits per heavy atom. The third kappa shape index (κ3) is 4.04. The quantitative estimate of drug-likeness (QED) is 0.793. The number of carbonyl (C=O) groups excluding carboxylic acids is 2. The smallest absolute Gasteiger partial charge is 0.252 e. The SMILES string of the molecule is CCc1sccc1C(=O)NCC1=CCN(C(=O)C(C)n2ccnc2)CC1. The van der Waals surface area contributed by atoms with Gasteiger partial charge >= 0.3 is 0 Å². The van der Waals surface area contributed by atoms with Crippen molar-refractivity contribution >= 4 is 23.2 Å². The molecule has 0 spiro atoms. The van der Waals surface area contributed by atoms with Gasteiger partial charge in [0.1, 0.15) is 6.04 Å². The van der Waals surface area contributed by atoms with Crippen LogP contribution in [0.25, 0.3) is 0 Å². The molecule has 1 atom stereocenters. The Morgan fingerprint density at radius 3 is 2.92 bits per heavy atom. The van der Waals surface area contributed by atoms with Crippen molar-refractivity contribution in [2.75, 3.05) is 19.6 Å². The summed E-state index contributed by atoms with van der Waals surface area (Å²) >= 11 is 1.62. The van der Waals surface area contributed by atoms with Crippen LogP contribution in [0.4, 0.5) is 0 Å². The second-order valence-electron chi connectivity index (χ2n) is 6.38. The summed E-state index contributed by atoms with van der Waals surface area (Å²) in [6.07, 6.45) is 8.85. The summed E-state index contributed by atoms with van der Waals surface area (Å²) in [6, 6.07) is 1.63. The highest BCUT2D eigenvalue weighted by molar-refractivity contribution is 7.10. The number of hydrogen-bond acceptors (Lipinski definition) is 4. The maximum Gasteiger partial charge on any atom is 0.252 e. The lowest BCUT2D eigenvalue weighted by Crippen LogP contribution is -2.40. The molecule has 2 aromatic rings. The Morgan fingerprint density at radius 2 is 2.27 bits per heavy atom. The molecule has 138 valence electrons. The van der Waals surface area contributed by atoms with Gasteiger partial charge in [0.15, 0.2) is 0 Å². The molecule has 0 aliphatic carbocycles. The van der Waals surface area contributed by atoms with Crippen molar-refractivity contribution in [3.05, 3.63) is 52.3 Å². The number of rotatable bonds is 6. The number of amides is 2. The molecule has 0 radical (unpaired) electrons. The van der Waals surface area contributed by atoms with Gasteiger partial charge in [0.25, 0.3) is 5.91 Å². The first-order valence-electron chi connectivity index (χ1n) is 8.88. The minimum Gasteiger partial charge on any atom is -0.348 e. The molecule has 0 fully saturated rings. The lowest BCUT2D eigenvalue weighted by molar-refractivity contribution is -0.134. The van der Waals surface area contributed by atoms with E-state index in [9.17, 15) is 9.59 Å². The number of thiophene rings is 1. The molecule has 3 rings (SSSR count). The number of nitrogens with zero attached hydrogens (tertiary/aromatic N) is 3. The Balaban J connectivity index is 1.51. The number of carbonyl (C=O) groups is 2. The van der Waals surface area contributed by atoms with Crippen molar-refractivity contribution < 1.29 is 9.59 Å². The van der Waals surface area contributed by atoms with Gasteiger partial charge in [-0.2, -0.15) is 0 Å². The van der Waals surface area contributed by atoms with Crippen LogP contribution in [0.5, 0.6) is 0 Å². The summed E-state index contributed by atoms with van der Waals surface area (Å²) in [6.45, 7) is 5.75. The third-order valence-electron chi connectivity index (χ3n) is 4.73.